The quantitative estimate of drug-likeness (QED) is 0.788. The highest BCUT2D eigenvalue weighted by Gasteiger charge is 2.34. The molecule has 0 radical (unpaired) electrons. The molecule has 1 N–H and O–H groups in total. The Morgan fingerprint density at radius 1 is 1.12 bits per heavy atom. The Bertz CT molecular complexity index is 958. The molecule has 0 spiro atoms. The van der Waals surface area contributed by atoms with Crippen molar-refractivity contribution in [2.24, 2.45) is 5.92 Å². The summed E-state index contributed by atoms with van der Waals surface area (Å²) in [6.45, 7) is 0.849. The van der Waals surface area contributed by atoms with Crippen LogP contribution >= 0.6 is 0 Å². The van der Waals surface area contributed by atoms with Crippen molar-refractivity contribution < 1.29 is 9.59 Å². The molecule has 6 nitrogen and oxygen atoms in total. The first kappa shape index (κ1) is 16.2. The highest BCUT2D eigenvalue weighted by Crippen LogP contribution is 2.23. The van der Waals surface area contributed by atoms with E-state index in [0.717, 1.165) is 16.6 Å². The van der Waals surface area contributed by atoms with Crippen LogP contribution in [-0.2, 0) is 16.1 Å². The number of rotatable bonds is 4. The molecule has 130 valence electrons. The maximum absolute atomic E-state index is 12.6. The summed E-state index contributed by atoms with van der Waals surface area (Å²) < 4.78 is 0. The molecular weight excluding hydrogens is 328 g/mol. The van der Waals surface area contributed by atoms with Crippen molar-refractivity contribution in [2.75, 3.05) is 11.9 Å². The molecule has 2 aromatic heterocycles. The van der Waals surface area contributed by atoms with Gasteiger partial charge in [0.15, 0.2) is 0 Å². The third-order valence-corrected chi connectivity index (χ3v) is 4.53. The first-order valence-electron chi connectivity index (χ1n) is 8.52. The normalized spacial score (nSPS) is 16.8. The van der Waals surface area contributed by atoms with Gasteiger partial charge >= 0.3 is 0 Å². The lowest BCUT2D eigenvalue weighted by molar-refractivity contribution is -0.128. The molecule has 1 fully saturated rings. The molecular formula is C20H18N4O2. The average Bonchev–Trinajstić information content (AvgIpc) is 3.03. The zero-order valence-electron chi connectivity index (χ0n) is 14.1. The molecule has 0 bridgehead atoms. The van der Waals surface area contributed by atoms with E-state index < -0.39 is 0 Å². The Morgan fingerprint density at radius 2 is 2.00 bits per heavy atom. The Morgan fingerprint density at radius 3 is 2.85 bits per heavy atom. The maximum Gasteiger partial charge on any atom is 0.229 e. The average molecular weight is 346 g/mol. The molecule has 0 saturated carbocycles. The summed E-state index contributed by atoms with van der Waals surface area (Å²) in [4.78, 5) is 35.0. The van der Waals surface area contributed by atoms with Crippen LogP contribution in [0.3, 0.4) is 0 Å². The summed E-state index contributed by atoms with van der Waals surface area (Å²) in [5, 5.41) is 3.88. The van der Waals surface area contributed by atoms with Crippen molar-refractivity contribution in [3.8, 4) is 0 Å². The van der Waals surface area contributed by atoms with Crippen molar-refractivity contribution in [3.63, 3.8) is 0 Å². The number of carbonyl (C=O) groups excluding carboxylic acids is 2. The third-order valence-electron chi connectivity index (χ3n) is 4.53. The summed E-state index contributed by atoms with van der Waals surface area (Å²) >= 11 is 0. The number of carbonyl (C=O) groups is 2. The molecule has 1 atom stereocenters. The van der Waals surface area contributed by atoms with E-state index in [1.165, 1.54) is 0 Å². The summed E-state index contributed by atoms with van der Waals surface area (Å²) in [7, 11) is 0. The summed E-state index contributed by atoms with van der Waals surface area (Å²) in [5.74, 6) is -0.501. The number of likely N-dealkylation sites (tertiary alicyclic amines) is 1. The number of benzene rings is 1. The molecule has 3 heterocycles. The Labute approximate surface area is 150 Å². The highest BCUT2D eigenvalue weighted by atomic mass is 16.2. The summed E-state index contributed by atoms with van der Waals surface area (Å²) in [6, 6.07) is 15.0. The Balaban J connectivity index is 1.42. The van der Waals surface area contributed by atoms with Gasteiger partial charge < -0.3 is 10.2 Å². The minimum Gasteiger partial charge on any atom is -0.336 e. The lowest BCUT2D eigenvalue weighted by atomic mass is 10.1. The van der Waals surface area contributed by atoms with Gasteiger partial charge in [0.05, 0.1) is 23.7 Å². The lowest BCUT2D eigenvalue weighted by Gasteiger charge is -2.16. The van der Waals surface area contributed by atoms with E-state index in [4.69, 9.17) is 0 Å². The van der Waals surface area contributed by atoms with Gasteiger partial charge in [-0.25, -0.2) is 0 Å². The monoisotopic (exact) mass is 346 g/mol. The van der Waals surface area contributed by atoms with Crippen molar-refractivity contribution in [1.82, 2.24) is 14.9 Å². The minimum absolute atomic E-state index is 0.0153. The van der Waals surface area contributed by atoms with E-state index in [2.05, 4.69) is 15.3 Å². The van der Waals surface area contributed by atoms with Crippen molar-refractivity contribution in [2.45, 2.75) is 13.0 Å². The fourth-order valence-electron chi connectivity index (χ4n) is 3.19. The Kier molecular flexibility index (Phi) is 4.31. The number of anilines is 1. The number of nitrogens with one attached hydrogen (secondary N) is 1. The zero-order valence-corrected chi connectivity index (χ0v) is 14.1. The zero-order chi connectivity index (χ0) is 17.9. The van der Waals surface area contributed by atoms with Crippen LogP contribution in [0.4, 0.5) is 5.69 Å². The molecule has 1 aliphatic rings. The van der Waals surface area contributed by atoms with Crippen LogP contribution < -0.4 is 5.32 Å². The smallest absolute Gasteiger partial charge is 0.229 e. The largest absolute Gasteiger partial charge is 0.336 e. The molecule has 4 rings (SSSR count). The number of amides is 2. The minimum atomic E-state index is -0.351. The number of pyridine rings is 2. The standard InChI is InChI=1S/C20H18N4O2/c25-19-11-15(12-24(19)13-17-5-1-2-8-21-17)20(26)23-16-6-7-18-14(10-16)4-3-9-22-18/h1-10,15H,11-13H2,(H,23,26). The first-order chi connectivity index (χ1) is 12.7. The maximum atomic E-state index is 12.6. The number of nitrogens with zero attached hydrogens (tertiary/aromatic N) is 3. The van der Waals surface area contributed by atoms with Gasteiger partial charge in [0.25, 0.3) is 0 Å². The summed E-state index contributed by atoms with van der Waals surface area (Å²) in [5.41, 5.74) is 2.41. The van der Waals surface area contributed by atoms with Gasteiger partial charge in [-0.1, -0.05) is 12.1 Å². The number of fused-ring (bicyclic) bond motifs is 1. The third kappa shape index (κ3) is 3.39. The number of aromatic nitrogens is 2. The van der Waals surface area contributed by atoms with Crippen LogP contribution in [0.25, 0.3) is 10.9 Å². The molecule has 0 aliphatic carbocycles. The van der Waals surface area contributed by atoms with Gasteiger partial charge in [-0.3, -0.25) is 19.6 Å². The predicted octanol–water partition coefficient (Wildman–Crippen LogP) is 2.62. The second kappa shape index (κ2) is 6.92. The van der Waals surface area contributed by atoms with E-state index in [-0.39, 0.29) is 24.2 Å². The van der Waals surface area contributed by atoms with E-state index in [1.807, 2.05) is 48.5 Å². The SMILES string of the molecule is O=C(Nc1ccc2ncccc2c1)C1CC(=O)N(Cc2ccccn2)C1. The van der Waals surface area contributed by atoms with E-state index in [0.29, 0.717) is 18.8 Å². The fraction of sp³-hybridized carbons (Fsp3) is 0.200. The molecule has 1 unspecified atom stereocenters. The van der Waals surface area contributed by atoms with Crippen LogP contribution in [0.2, 0.25) is 0 Å². The molecule has 1 saturated heterocycles. The van der Waals surface area contributed by atoms with Gasteiger partial charge in [-0.05, 0) is 36.4 Å². The van der Waals surface area contributed by atoms with Gasteiger partial charge in [0.2, 0.25) is 11.8 Å². The van der Waals surface area contributed by atoms with Crippen molar-refractivity contribution in [3.05, 3.63) is 66.6 Å². The van der Waals surface area contributed by atoms with Crippen LogP contribution in [-0.4, -0.2) is 33.2 Å². The fourth-order valence-corrected chi connectivity index (χ4v) is 3.19. The van der Waals surface area contributed by atoms with Gasteiger partial charge in [0, 0.05) is 36.4 Å². The second-order valence-electron chi connectivity index (χ2n) is 6.40. The molecule has 1 aliphatic heterocycles. The van der Waals surface area contributed by atoms with Gasteiger partial charge in [0.1, 0.15) is 0 Å². The first-order valence-corrected chi connectivity index (χ1v) is 8.52. The van der Waals surface area contributed by atoms with Crippen LogP contribution in [0.5, 0.6) is 0 Å². The Hall–Kier alpha value is -3.28. The van der Waals surface area contributed by atoms with E-state index >= 15 is 0 Å². The van der Waals surface area contributed by atoms with Crippen LogP contribution in [0, 0.1) is 5.92 Å². The topological polar surface area (TPSA) is 75.2 Å². The molecule has 26 heavy (non-hydrogen) atoms. The number of hydrogen-bond acceptors (Lipinski definition) is 4. The predicted molar refractivity (Wildman–Crippen MR) is 98.1 cm³/mol. The molecule has 3 aromatic rings. The lowest BCUT2D eigenvalue weighted by Crippen LogP contribution is -2.28. The molecule has 2 amide bonds. The van der Waals surface area contributed by atoms with Gasteiger partial charge in [-0.2, -0.15) is 0 Å². The van der Waals surface area contributed by atoms with E-state index in [1.54, 1.807) is 17.3 Å². The molecule has 1 aromatic carbocycles. The van der Waals surface area contributed by atoms with Gasteiger partial charge in [-0.15, -0.1) is 0 Å². The second-order valence-corrected chi connectivity index (χ2v) is 6.40. The summed E-state index contributed by atoms with van der Waals surface area (Å²) in [6.07, 6.45) is 3.67. The molecule has 6 heteroatoms. The van der Waals surface area contributed by atoms with E-state index in [9.17, 15) is 9.59 Å². The van der Waals surface area contributed by atoms with Crippen molar-refractivity contribution in [1.29, 1.82) is 0 Å². The van der Waals surface area contributed by atoms with Crippen molar-refractivity contribution >= 4 is 28.4 Å². The van der Waals surface area contributed by atoms with Crippen LogP contribution in [0.15, 0.2) is 60.9 Å². The van der Waals surface area contributed by atoms with Crippen LogP contribution in [0.1, 0.15) is 12.1 Å². The highest BCUT2D eigenvalue weighted by molar-refractivity contribution is 5.98. The number of hydrogen-bond donors (Lipinski definition) is 1.